The number of ketones is 1. The van der Waals surface area contributed by atoms with Gasteiger partial charge in [0.1, 0.15) is 23.0 Å². The molecule has 3 N–H and O–H groups in total. The van der Waals surface area contributed by atoms with E-state index in [0.29, 0.717) is 0 Å². The summed E-state index contributed by atoms with van der Waals surface area (Å²) in [7, 11) is 0. The van der Waals surface area contributed by atoms with E-state index in [2.05, 4.69) is 0 Å². The maximum atomic E-state index is 11.6. The number of hydrogen-bond donors (Lipinski definition) is 2. The van der Waals surface area contributed by atoms with Gasteiger partial charge in [-0.1, -0.05) is 12.1 Å². The summed E-state index contributed by atoms with van der Waals surface area (Å²) in [6.45, 7) is 0.798. The van der Waals surface area contributed by atoms with E-state index in [1.165, 1.54) is 19.1 Å². The molecule has 1 rings (SSSR count). The normalized spacial score (nSPS) is 11.2. The van der Waals surface area contributed by atoms with Crippen LogP contribution >= 0.6 is 0 Å². The van der Waals surface area contributed by atoms with Crippen LogP contribution < -0.4 is 5.73 Å². The molecule has 0 aliphatic rings. The second-order valence-electron chi connectivity index (χ2n) is 3.69. The van der Waals surface area contributed by atoms with Gasteiger partial charge in [0, 0.05) is 5.70 Å². The number of esters is 1. The molecule has 19 heavy (non-hydrogen) atoms. The Labute approximate surface area is 109 Å². The van der Waals surface area contributed by atoms with Crippen LogP contribution in [0.2, 0.25) is 0 Å². The minimum Gasteiger partial charge on any atom is -0.507 e. The van der Waals surface area contributed by atoms with Crippen molar-refractivity contribution in [3.05, 3.63) is 41.1 Å². The van der Waals surface area contributed by atoms with E-state index in [9.17, 15) is 14.7 Å². The molecule has 1 aromatic carbocycles. The van der Waals surface area contributed by atoms with E-state index in [4.69, 9.17) is 15.7 Å². The molecule has 0 saturated carbocycles. The number of carbonyl (C=O) groups excluding carboxylic acids is 2. The molecule has 6 nitrogen and oxygen atoms in total. The monoisotopic (exact) mass is 260 g/mol. The quantitative estimate of drug-likeness (QED) is 0.472. The Kier molecular flexibility index (Phi) is 4.66. The Morgan fingerprint density at radius 1 is 1.42 bits per heavy atom. The lowest BCUT2D eigenvalue weighted by Crippen LogP contribution is -2.17. The lowest BCUT2D eigenvalue weighted by molar-refractivity contribution is -0.118. The number of phenolic OH excluding ortho intramolecular Hbond substituents is 1. The number of allylic oxidation sites excluding steroid dienone is 1. The average Bonchev–Trinajstić information content (AvgIpc) is 2.37. The first-order valence-corrected chi connectivity index (χ1v) is 5.32. The highest BCUT2D eigenvalue weighted by atomic mass is 16.5. The summed E-state index contributed by atoms with van der Waals surface area (Å²) in [5.74, 6) is -1.78. The molecular formula is C13H12N2O4. The standard InChI is InChI=1S/C13H12N2O4/c1-8(15)10(6-14)12(17)7-19-13(18)9-4-2-3-5-11(9)16/h2-5,16H,7,15H2,1H3. The molecule has 6 heteroatoms. The van der Waals surface area contributed by atoms with Gasteiger partial charge in [-0.25, -0.2) is 4.79 Å². The van der Waals surface area contributed by atoms with Gasteiger partial charge < -0.3 is 15.6 Å². The predicted octanol–water partition coefficient (Wildman–Crippen LogP) is 0.874. The zero-order valence-electron chi connectivity index (χ0n) is 10.2. The summed E-state index contributed by atoms with van der Waals surface area (Å²) in [6, 6.07) is 7.41. The molecule has 0 amide bonds. The van der Waals surface area contributed by atoms with Crippen molar-refractivity contribution in [3.8, 4) is 11.8 Å². The molecule has 0 bridgehead atoms. The summed E-state index contributed by atoms with van der Waals surface area (Å²) in [5, 5.41) is 18.1. The fourth-order valence-electron chi connectivity index (χ4n) is 1.30. The summed E-state index contributed by atoms with van der Waals surface area (Å²) in [5.41, 5.74) is 5.11. The van der Waals surface area contributed by atoms with Crippen LogP contribution in [0.1, 0.15) is 17.3 Å². The van der Waals surface area contributed by atoms with Crippen molar-refractivity contribution in [1.82, 2.24) is 0 Å². The third kappa shape index (κ3) is 3.57. The maximum absolute atomic E-state index is 11.6. The Morgan fingerprint density at radius 2 is 2.05 bits per heavy atom. The van der Waals surface area contributed by atoms with Crippen LogP contribution in [0.4, 0.5) is 0 Å². The Morgan fingerprint density at radius 3 is 2.58 bits per heavy atom. The fourth-order valence-corrected chi connectivity index (χ4v) is 1.30. The average molecular weight is 260 g/mol. The predicted molar refractivity (Wildman–Crippen MR) is 65.9 cm³/mol. The van der Waals surface area contributed by atoms with E-state index in [1.807, 2.05) is 0 Å². The summed E-state index contributed by atoms with van der Waals surface area (Å²) in [6.07, 6.45) is 0. The molecule has 0 aliphatic carbocycles. The molecule has 0 aliphatic heterocycles. The van der Waals surface area contributed by atoms with Gasteiger partial charge in [0.15, 0.2) is 6.61 Å². The molecule has 0 radical (unpaired) electrons. The molecule has 0 unspecified atom stereocenters. The highest BCUT2D eigenvalue weighted by Gasteiger charge is 2.16. The van der Waals surface area contributed by atoms with Gasteiger partial charge >= 0.3 is 5.97 Å². The van der Waals surface area contributed by atoms with E-state index in [0.717, 1.165) is 0 Å². The van der Waals surface area contributed by atoms with Crippen LogP contribution in [0.3, 0.4) is 0 Å². The zero-order chi connectivity index (χ0) is 14.4. The van der Waals surface area contributed by atoms with Crippen LogP contribution in [0.15, 0.2) is 35.5 Å². The van der Waals surface area contributed by atoms with Crippen LogP contribution in [0.5, 0.6) is 5.75 Å². The van der Waals surface area contributed by atoms with E-state index in [1.54, 1.807) is 18.2 Å². The maximum Gasteiger partial charge on any atom is 0.342 e. The molecular weight excluding hydrogens is 248 g/mol. The number of nitrogens with zero attached hydrogens (tertiary/aromatic N) is 1. The largest absolute Gasteiger partial charge is 0.507 e. The van der Waals surface area contributed by atoms with Crippen LogP contribution in [-0.2, 0) is 9.53 Å². The molecule has 0 fully saturated rings. The number of nitrogens with two attached hydrogens (primary N) is 1. The van der Waals surface area contributed by atoms with Crippen molar-refractivity contribution in [2.24, 2.45) is 5.73 Å². The number of benzene rings is 1. The van der Waals surface area contributed by atoms with Crippen molar-refractivity contribution >= 4 is 11.8 Å². The second-order valence-corrected chi connectivity index (χ2v) is 3.69. The van der Waals surface area contributed by atoms with Gasteiger partial charge in [-0.3, -0.25) is 4.79 Å². The molecule has 1 aromatic rings. The van der Waals surface area contributed by atoms with E-state index >= 15 is 0 Å². The smallest absolute Gasteiger partial charge is 0.342 e. The van der Waals surface area contributed by atoms with Crippen LogP contribution in [0.25, 0.3) is 0 Å². The number of ether oxygens (including phenoxy) is 1. The van der Waals surface area contributed by atoms with Crippen molar-refractivity contribution in [2.75, 3.05) is 6.61 Å². The van der Waals surface area contributed by atoms with Gasteiger partial charge in [0.25, 0.3) is 0 Å². The van der Waals surface area contributed by atoms with Crippen molar-refractivity contribution in [2.45, 2.75) is 6.92 Å². The third-order valence-corrected chi connectivity index (χ3v) is 2.24. The highest BCUT2D eigenvalue weighted by Crippen LogP contribution is 2.16. The number of hydrogen-bond acceptors (Lipinski definition) is 6. The third-order valence-electron chi connectivity index (χ3n) is 2.24. The van der Waals surface area contributed by atoms with Crippen molar-refractivity contribution in [3.63, 3.8) is 0 Å². The van der Waals surface area contributed by atoms with Gasteiger partial charge in [0.2, 0.25) is 5.78 Å². The van der Waals surface area contributed by atoms with Crippen LogP contribution in [-0.4, -0.2) is 23.5 Å². The molecule has 0 aromatic heterocycles. The van der Waals surface area contributed by atoms with Crippen molar-refractivity contribution in [1.29, 1.82) is 5.26 Å². The number of carbonyl (C=O) groups is 2. The highest BCUT2D eigenvalue weighted by molar-refractivity contribution is 6.02. The van der Waals surface area contributed by atoms with Gasteiger partial charge in [0.05, 0.1) is 0 Å². The molecule has 0 heterocycles. The molecule has 0 atom stereocenters. The summed E-state index contributed by atoms with van der Waals surface area (Å²) < 4.78 is 4.71. The van der Waals surface area contributed by atoms with E-state index in [-0.39, 0.29) is 22.6 Å². The first-order chi connectivity index (χ1) is 8.97. The molecule has 0 spiro atoms. The number of nitriles is 1. The van der Waals surface area contributed by atoms with Gasteiger partial charge in [-0.2, -0.15) is 5.26 Å². The topological polar surface area (TPSA) is 113 Å². The van der Waals surface area contributed by atoms with E-state index < -0.39 is 18.4 Å². The molecule has 0 saturated heterocycles. The number of Topliss-reactive ketones (excluding diaryl/α,β-unsaturated/α-hetero) is 1. The van der Waals surface area contributed by atoms with Gasteiger partial charge in [-0.15, -0.1) is 0 Å². The Balaban J connectivity index is 2.72. The number of para-hydroxylation sites is 1. The Bertz CT molecular complexity index is 581. The second kappa shape index (κ2) is 6.21. The van der Waals surface area contributed by atoms with Crippen LogP contribution in [0, 0.1) is 11.3 Å². The SMILES string of the molecule is CC(N)=C(C#N)C(=O)COC(=O)c1ccccc1O. The number of aromatic hydroxyl groups is 1. The van der Waals surface area contributed by atoms with Gasteiger partial charge in [-0.05, 0) is 19.1 Å². The minimum atomic E-state index is -0.849. The fraction of sp³-hybridized carbons (Fsp3) is 0.154. The first kappa shape index (κ1) is 14.3. The first-order valence-electron chi connectivity index (χ1n) is 5.32. The number of rotatable bonds is 4. The lowest BCUT2D eigenvalue weighted by atomic mass is 10.1. The summed E-state index contributed by atoms with van der Waals surface area (Å²) in [4.78, 5) is 23.1. The minimum absolute atomic E-state index is 0.0535. The number of phenols is 1. The zero-order valence-corrected chi connectivity index (χ0v) is 10.2. The van der Waals surface area contributed by atoms with Crippen molar-refractivity contribution < 1.29 is 19.4 Å². The lowest BCUT2D eigenvalue weighted by Gasteiger charge is -2.05. The Hall–Kier alpha value is -2.81. The summed E-state index contributed by atoms with van der Waals surface area (Å²) >= 11 is 0. The molecule has 98 valence electrons.